The highest BCUT2D eigenvalue weighted by Gasteiger charge is 2.30. The molecule has 6 heteroatoms. The molecule has 1 atom stereocenters. The molecule has 2 aliphatic rings. The summed E-state index contributed by atoms with van der Waals surface area (Å²) in [6.45, 7) is 1.99. The molecule has 3 rings (SSSR count). The van der Waals surface area contributed by atoms with Gasteiger partial charge >= 0.3 is 0 Å². The monoisotopic (exact) mass is 355 g/mol. The second kappa shape index (κ2) is 7.82. The minimum Gasteiger partial charge on any atom is -0.347 e. The Bertz CT molecular complexity index is 559. The Kier molecular flexibility index (Phi) is 5.78. The summed E-state index contributed by atoms with van der Waals surface area (Å²) in [6, 6.07) is 4.05. The number of aromatic nitrogens is 1. The number of rotatable bonds is 3. The standard InChI is InChI=1S/C17H23Cl2N3O/c18-14-7-8-15(19)21-16(14)17(23)20-12-9-10-22(11-12)13-5-3-1-2-4-6-13/h7-8,12-13H,1-6,9-11H2,(H,20,23). The summed E-state index contributed by atoms with van der Waals surface area (Å²) in [5, 5.41) is 3.68. The minimum absolute atomic E-state index is 0.169. The maximum absolute atomic E-state index is 12.4. The van der Waals surface area contributed by atoms with Crippen LogP contribution in [-0.2, 0) is 0 Å². The first-order valence-electron chi connectivity index (χ1n) is 8.50. The summed E-state index contributed by atoms with van der Waals surface area (Å²) >= 11 is 11.9. The van der Waals surface area contributed by atoms with Crippen LogP contribution < -0.4 is 5.32 Å². The highest BCUT2D eigenvalue weighted by Crippen LogP contribution is 2.25. The molecule has 1 aromatic rings. The van der Waals surface area contributed by atoms with E-state index >= 15 is 0 Å². The predicted molar refractivity (Wildman–Crippen MR) is 93.2 cm³/mol. The Labute approximate surface area is 147 Å². The summed E-state index contributed by atoms with van der Waals surface area (Å²) in [6.07, 6.45) is 8.97. The van der Waals surface area contributed by atoms with E-state index in [1.165, 1.54) is 38.5 Å². The van der Waals surface area contributed by atoms with E-state index in [0.29, 0.717) is 11.1 Å². The van der Waals surface area contributed by atoms with Crippen molar-refractivity contribution >= 4 is 29.1 Å². The lowest BCUT2D eigenvalue weighted by Gasteiger charge is -2.26. The average molecular weight is 356 g/mol. The van der Waals surface area contributed by atoms with Crippen molar-refractivity contribution in [3.05, 3.63) is 28.0 Å². The van der Waals surface area contributed by atoms with Crippen molar-refractivity contribution in [1.29, 1.82) is 0 Å². The second-order valence-electron chi connectivity index (χ2n) is 6.56. The SMILES string of the molecule is O=C(NC1CCN(C2CCCCCC2)C1)c1nc(Cl)ccc1Cl. The zero-order valence-electron chi connectivity index (χ0n) is 13.2. The largest absolute Gasteiger partial charge is 0.347 e. The number of pyridine rings is 1. The molecule has 0 spiro atoms. The Balaban J connectivity index is 1.57. The molecular weight excluding hydrogens is 333 g/mol. The lowest BCUT2D eigenvalue weighted by atomic mass is 10.1. The molecule has 1 unspecified atom stereocenters. The van der Waals surface area contributed by atoms with E-state index in [4.69, 9.17) is 23.2 Å². The predicted octanol–water partition coefficient (Wildman–Crippen LogP) is 3.92. The number of nitrogens with one attached hydrogen (secondary N) is 1. The normalized spacial score (nSPS) is 23.7. The molecule has 2 heterocycles. The van der Waals surface area contributed by atoms with E-state index in [-0.39, 0.29) is 22.8 Å². The number of carbonyl (C=O) groups is 1. The van der Waals surface area contributed by atoms with Crippen LogP contribution in [0.3, 0.4) is 0 Å². The third-order valence-corrected chi connectivity index (χ3v) is 5.44. The molecule has 23 heavy (non-hydrogen) atoms. The minimum atomic E-state index is -0.231. The van der Waals surface area contributed by atoms with Crippen LogP contribution in [0.25, 0.3) is 0 Å². The van der Waals surface area contributed by atoms with Crippen molar-refractivity contribution in [3.8, 4) is 0 Å². The Hall–Kier alpha value is -0.840. The first-order valence-corrected chi connectivity index (χ1v) is 9.26. The van der Waals surface area contributed by atoms with Crippen LogP contribution in [-0.4, -0.2) is 41.0 Å². The van der Waals surface area contributed by atoms with Crippen LogP contribution in [0, 0.1) is 0 Å². The molecule has 1 aromatic heterocycles. The maximum atomic E-state index is 12.4. The van der Waals surface area contributed by atoms with Gasteiger partial charge in [-0.25, -0.2) is 4.98 Å². The van der Waals surface area contributed by atoms with Gasteiger partial charge in [0.2, 0.25) is 0 Å². The van der Waals surface area contributed by atoms with Gasteiger partial charge < -0.3 is 5.32 Å². The third-order valence-electron chi connectivity index (χ3n) is 4.92. The van der Waals surface area contributed by atoms with Crippen molar-refractivity contribution in [2.45, 2.75) is 57.0 Å². The van der Waals surface area contributed by atoms with Crippen LogP contribution in [0.1, 0.15) is 55.4 Å². The molecule has 1 saturated carbocycles. The van der Waals surface area contributed by atoms with Gasteiger partial charge in [-0.2, -0.15) is 0 Å². The molecule has 126 valence electrons. The molecule has 2 fully saturated rings. The fraction of sp³-hybridized carbons (Fsp3) is 0.647. The van der Waals surface area contributed by atoms with Gasteiger partial charge in [0.1, 0.15) is 10.8 Å². The topological polar surface area (TPSA) is 45.2 Å². The number of likely N-dealkylation sites (tertiary alicyclic amines) is 1. The Morgan fingerprint density at radius 2 is 1.87 bits per heavy atom. The smallest absolute Gasteiger partial charge is 0.271 e. The Morgan fingerprint density at radius 1 is 1.13 bits per heavy atom. The zero-order chi connectivity index (χ0) is 16.2. The van der Waals surface area contributed by atoms with E-state index in [1.807, 2.05) is 0 Å². The summed E-state index contributed by atoms with van der Waals surface area (Å²) in [5.74, 6) is -0.231. The van der Waals surface area contributed by atoms with Gasteiger partial charge in [0, 0.05) is 25.2 Å². The van der Waals surface area contributed by atoms with E-state index in [2.05, 4.69) is 15.2 Å². The molecule has 4 nitrogen and oxygen atoms in total. The number of nitrogens with zero attached hydrogens (tertiary/aromatic N) is 2. The van der Waals surface area contributed by atoms with Gasteiger partial charge in [-0.1, -0.05) is 48.9 Å². The van der Waals surface area contributed by atoms with E-state index in [9.17, 15) is 4.79 Å². The summed E-state index contributed by atoms with van der Waals surface area (Å²) < 4.78 is 0. The van der Waals surface area contributed by atoms with Gasteiger partial charge in [-0.3, -0.25) is 9.69 Å². The van der Waals surface area contributed by atoms with Crippen LogP contribution in [0.2, 0.25) is 10.2 Å². The molecule has 1 aliphatic carbocycles. The first kappa shape index (κ1) is 17.0. The molecule has 1 N–H and O–H groups in total. The van der Waals surface area contributed by atoms with Crippen molar-refractivity contribution in [1.82, 2.24) is 15.2 Å². The molecular formula is C17H23Cl2N3O. The van der Waals surface area contributed by atoms with Gasteiger partial charge in [0.05, 0.1) is 5.02 Å². The molecule has 1 aliphatic heterocycles. The summed E-state index contributed by atoms with van der Waals surface area (Å²) in [7, 11) is 0. The average Bonchev–Trinajstić information content (AvgIpc) is 2.82. The van der Waals surface area contributed by atoms with Crippen molar-refractivity contribution < 1.29 is 4.79 Å². The van der Waals surface area contributed by atoms with Gasteiger partial charge in [-0.15, -0.1) is 0 Å². The van der Waals surface area contributed by atoms with E-state index < -0.39 is 0 Å². The zero-order valence-corrected chi connectivity index (χ0v) is 14.7. The number of halogens is 2. The number of amides is 1. The summed E-state index contributed by atoms with van der Waals surface area (Å²) in [5.41, 5.74) is 0.215. The highest BCUT2D eigenvalue weighted by atomic mass is 35.5. The van der Waals surface area contributed by atoms with E-state index in [0.717, 1.165) is 19.5 Å². The highest BCUT2D eigenvalue weighted by molar-refractivity contribution is 6.34. The van der Waals surface area contributed by atoms with Crippen molar-refractivity contribution in [3.63, 3.8) is 0 Å². The van der Waals surface area contributed by atoms with Gasteiger partial charge in [0.25, 0.3) is 5.91 Å². The second-order valence-corrected chi connectivity index (χ2v) is 7.36. The number of carbonyl (C=O) groups excluding carboxylic acids is 1. The maximum Gasteiger partial charge on any atom is 0.271 e. The fourth-order valence-corrected chi connectivity index (χ4v) is 4.03. The lowest BCUT2D eigenvalue weighted by Crippen LogP contribution is -2.40. The van der Waals surface area contributed by atoms with Crippen LogP contribution in [0.5, 0.6) is 0 Å². The van der Waals surface area contributed by atoms with E-state index in [1.54, 1.807) is 12.1 Å². The molecule has 1 amide bonds. The van der Waals surface area contributed by atoms with Crippen molar-refractivity contribution in [2.75, 3.05) is 13.1 Å². The van der Waals surface area contributed by atoms with Crippen molar-refractivity contribution in [2.24, 2.45) is 0 Å². The first-order chi connectivity index (χ1) is 11.1. The third kappa shape index (κ3) is 4.37. The van der Waals surface area contributed by atoms with Crippen LogP contribution >= 0.6 is 23.2 Å². The molecule has 1 saturated heterocycles. The molecule has 0 bridgehead atoms. The Morgan fingerprint density at radius 3 is 2.61 bits per heavy atom. The number of hydrogen-bond donors (Lipinski definition) is 1. The van der Waals surface area contributed by atoms with Crippen LogP contribution in [0.4, 0.5) is 0 Å². The number of hydrogen-bond acceptors (Lipinski definition) is 3. The van der Waals surface area contributed by atoms with Gasteiger partial charge in [0.15, 0.2) is 0 Å². The fourth-order valence-electron chi connectivity index (χ4n) is 3.69. The molecule has 0 radical (unpaired) electrons. The quantitative estimate of drug-likeness (QED) is 0.660. The summed E-state index contributed by atoms with van der Waals surface area (Å²) in [4.78, 5) is 19.0. The van der Waals surface area contributed by atoms with Gasteiger partial charge in [-0.05, 0) is 31.4 Å². The molecule has 0 aromatic carbocycles. The lowest BCUT2D eigenvalue weighted by molar-refractivity contribution is 0.0930. The van der Waals surface area contributed by atoms with Crippen LogP contribution in [0.15, 0.2) is 12.1 Å².